The quantitative estimate of drug-likeness (QED) is 0.302. The van der Waals surface area contributed by atoms with Crippen molar-refractivity contribution >= 4 is 40.5 Å². The Morgan fingerprint density at radius 2 is 1.42 bits per heavy atom. The number of carbonyl (C=O) groups is 3. The molecule has 0 saturated carbocycles. The van der Waals surface area contributed by atoms with Gasteiger partial charge in [-0.1, -0.05) is 22.6 Å². The predicted molar refractivity (Wildman–Crippen MR) is 70.4 cm³/mol. The molecule has 4 atom stereocenters. The van der Waals surface area contributed by atoms with Gasteiger partial charge >= 0.3 is 17.9 Å². The molecule has 0 N–H and O–H groups in total. The number of hydrogen-bond acceptors (Lipinski definition) is 7. The van der Waals surface area contributed by atoms with Gasteiger partial charge in [-0.15, -0.1) is 0 Å². The zero-order chi connectivity index (χ0) is 14.6. The minimum atomic E-state index is -1.06. The highest BCUT2D eigenvalue weighted by Crippen LogP contribution is 2.29. The summed E-state index contributed by atoms with van der Waals surface area (Å²) >= 11 is 2.04. The first-order valence-corrected chi connectivity index (χ1v) is 7.10. The van der Waals surface area contributed by atoms with Crippen LogP contribution in [0.3, 0.4) is 0 Å². The minimum Gasteiger partial charge on any atom is -0.455 e. The van der Waals surface area contributed by atoms with E-state index in [2.05, 4.69) is 0 Å². The van der Waals surface area contributed by atoms with Gasteiger partial charge in [-0.05, 0) is 0 Å². The first-order valence-electron chi connectivity index (χ1n) is 5.58. The first kappa shape index (κ1) is 16.2. The van der Waals surface area contributed by atoms with Crippen molar-refractivity contribution in [2.75, 3.05) is 4.43 Å². The van der Waals surface area contributed by atoms with Gasteiger partial charge in [0.15, 0.2) is 6.10 Å². The predicted octanol–water partition coefficient (Wildman–Crippen LogP) is 0.573. The van der Waals surface area contributed by atoms with Gasteiger partial charge in [0.2, 0.25) is 12.4 Å². The zero-order valence-electron chi connectivity index (χ0n) is 10.8. The minimum absolute atomic E-state index is 0.491. The molecule has 0 aromatic heterocycles. The van der Waals surface area contributed by atoms with Gasteiger partial charge in [0, 0.05) is 25.2 Å². The molecule has 108 valence electrons. The second kappa shape index (κ2) is 7.04. The smallest absolute Gasteiger partial charge is 0.305 e. The highest BCUT2D eigenvalue weighted by Gasteiger charge is 2.50. The highest BCUT2D eigenvalue weighted by molar-refractivity contribution is 14.1. The molecule has 1 heterocycles. The molecule has 1 aliphatic heterocycles. The lowest BCUT2D eigenvalue weighted by Gasteiger charge is -2.22. The molecule has 0 radical (unpaired) electrons. The number of alkyl halides is 1. The first-order chi connectivity index (χ1) is 8.85. The monoisotopic (exact) mass is 386 g/mol. The molecule has 1 aliphatic rings. The van der Waals surface area contributed by atoms with Crippen LogP contribution in [0.25, 0.3) is 0 Å². The Kier molecular flexibility index (Phi) is 5.98. The fraction of sp³-hybridized carbons (Fsp3) is 0.727. The fourth-order valence-corrected chi connectivity index (χ4v) is 2.43. The molecule has 0 aliphatic carbocycles. The summed E-state index contributed by atoms with van der Waals surface area (Å²) in [4.78, 5) is 33.2. The van der Waals surface area contributed by atoms with Crippen LogP contribution in [0.15, 0.2) is 0 Å². The molecule has 0 amide bonds. The van der Waals surface area contributed by atoms with E-state index in [1.165, 1.54) is 20.8 Å². The largest absolute Gasteiger partial charge is 0.455 e. The van der Waals surface area contributed by atoms with E-state index in [-0.39, 0.29) is 0 Å². The van der Waals surface area contributed by atoms with E-state index in [4.69, 9.17) is 18.9 Å². The van der Waals surface area contributed by atoms with Crippen LogP contribution < -0.4 is 0 Å². The lowest BCUT2D eigenvalue weighted by atomic mass is 10.1. The van der Waals surface area contributed by atoms with E-state index < -0.39 is 42.5 Å². The summed E-state index contributed by atoms with van der Waals surface area (Å²) in [5, 5.41) is 0. The maximum Gasteiger partial charge on any atom is 0.305 e. The van der Waals surface area contributed by atoms with Crippen LogP contribution in [0.5, 0.6) is 0 Å². The number of hydrogen-bond donors (Lipinski definition) is 0. The summed E-state index contributed by atoms with van der Waals surface area (Å²) < 4.78 is 21.0. The molecule has 1 fully saturated rings. The second-order valence-electron chi connectivity index (χ2n) is 3.95. The average molecular weight is 386 g/mol. The molecule has 0 unspecified atom stereocenters. The van der Waals surface area contributed by atoms with Crippen LogP contribution in [-0.4, -0.2) is 46.9 Å². The zero-order valence-corrected chi connectivity index (χ0v) is 12.9. The molecular weight excluding hydrogens is 371 g/mol. The Balaban J connectivity index is 2.90. The van der Waals surface area contributed by atoms with Crippen LogP contribution in [0.4, 0.5) is 0 Å². The normalized spacial score (nSPS) is 29.7. The van der Waals surface area contributed by atoms with Crippen molar-refractivity contribution in [2.24, 2.45) is 0 Å². The maximum absolute atomic E-state index is 11.1. The molecule has 0 aromatic rings. The molecule has 1 rings (SSSR count). The maximum atomic E-state index is 11.1. The van der Waals surface area contributed by atoms with Gasteiger partial charge < -0.3 is 18.9 Å². The van der Waals surface area contributed by atoms with Gasteiger partial charge in [-0.3, -0.25) is 14.4 Å². The van der Waals surface area contributed by atoms with Gasteiger partial charge in [-0.2, -0.15) is 0 Å². The van der Waals surface area contributed by atoms with Crippen molar-refractivity contribution in [1.82, 2.24) is 0 Å². The van der Waals surface area contributed by atoms with Gasteiger partial charge in [0.25, 0.3) is 0 Å². The van der Waals surface area contributed by atoms with Crippen molar-refractivity contribution < 1.29 is 33.3 Å². The molecule has 0 bridgehead atoms. The van der Waals surface area contributed by atoms with E-state index in [0.717, 1.165) is 0 Å². The average Bonchev–Trinajstić information content (AvgIpc) is 2.55. The summed E-state index contributed by atoms with van der Waals surface area (Å²) in [5.41, 5.74) is 0. The van der Waals surface area contributed by atoms with E-state index >= 15 is 0 Å². The van der Waals surface area contributed by atoms with Crippen LogP contribution in [-0.2, 0) is 33.3 Å². The van der Waals surface area contributed by atoms with Crippen molar-refractivity contribution in [3.63, 3.8) is 0 Å². The summed E-state index contributed by atoms with van der Waals surface area (Å²) in [6.07, 6.45) is -3.31. The van der Waals surface area contributed by atoms with E-state index in [0.29, 0.717) is 4.43 Å². The molecule has 0 aromatic carbocycles. The molecule has 1 saturated heterocycles. The van der Waals surface area contributed by atoms with E-state index in [1.807, 2.05) is 22.6 Å². The van der Waals surface area contributed by atoms with Crippen molar-refractivity contribution in [1.29, 1.82) is 0 Å². The molecular formula is C11H15IO7. The summed E-state index contributed by atoms with van der Waals surface area (Å²) in [7, 11) is 0. The van der Waals surface area contributed by atoms with E-state index in [1.54, 1.807) is 0 Å². The Hall–Kier alpha value is -0.900. The van der Waals surface area contributed by atoms with Crippen LogP contribution >= 0.6 is 22.6 Å². The number of halogens is 1. The molecule has 8 heteroatoms. The van der Waals surface area contributed by atoms with Gasteiger partial charge in [0.05, 0.1) is 0 Å². The lowest BCUT2D eigenvalue weighted by molar-refractivity contribution is -0.194. The Labute approximate surface area is 124 Å². The van der Waals surface area contributed by atoms with Gasteiger partial charge in [0.1, 0.15) is 6.10 Å². The number of rotatable bonds is 4. The van der Waals surface area contributed by atoms with Crippen LogP contribution in [0, 0.1) is 0 Å². The summed E-state index contributed by atoms with van der Waals surface area (Å²) in [6, 6.07) is 0. The SMILES string of the molecule is CC(=O)O[C@@H]1O[C@H](CI)[C@@H](OC(C)=O)[C@H]1OC(C)=O. The molecule has 19 heavy (non-hydrogen) atoms. The van der Waals surface area contributed by atoms with Crippen LogP contribution in [0.2, 0.25) is 0 Å². The second-order valence-corrected chi connectivity index (χ2v) is 4.84. The Morgan fingerprint density at radius 3 is 1.84 bits per heavy atom. The Morgan fingerprint density at radius 1 is 0.947 bits per heavy atom. The van der Waals surface area contributed by atoms with Crippen LogP contribution in [0.1, 0.15) is 20.8 Å². The fourth-order valence-electron chi connectivity index (χ4n) is 1.73. The third kappa shape index (κ3) is 4.60. The van der Waals surface area contributed by atoms with E-state index in [9.17, 15) is 14.4 Å². The molecule has 0 spiro atoms. The Bertz CT molecular complexity index is 370. The standard InChI is InChI=1S/C11H15IO7/c1-5(13)16-9-8(4-12)19-11(18-7(3)15)10(9)17-6(2)14/h8-11H,4H2,1-3H3/t8-,9-,10-,11-/m1/s1. The highest BCUT2D eigenvalue weighted by atomic mass is 127. The van der Waals surface area contributed by atoms with Gasteiger partial charge in [-0.25, -0.2) is 0 Å². The number of ether oxygens (including phenoxy) is 4. The third-order valence-electron chi connectivity index (χ3n) is 2.31. The molecule has 7 nitrogen and oxygen atoms in total. The summed E-state index contributed by atoms with van der Waals surface area (Å²) in [6.45, 7) is 3.67. The lowest BCUT2D eigenvalue weighted by Crippen LogP contribution is -2.41. The number of carbonyl (C=O) groups excluding carboxylic acids is 3. The van der Waals surface area contributed by atoms with Crippen molar-refractivity contribution in [3.8, 4) is 0 Å². The third-order valence-corrected chi connectivity index (χ3v) is 3.17. The topological polar surface area (TPSA) is 88.1 Å². The van der Waals surface area contributed by atoms with Crippen molar-refractivity contribution in [2.45, 2.75) is 45.4 Å². The summed E-state index contributed by atoms with van der Waals surface area (Å²) in [5.74, 6) is -1.67. The van der Waals surface area contributed by atoms with Crippen molar-refractivity contribution in [3.05, 3.63) is 0 Å². The number of esters is 3.